The van der Waals surface area contributed by atoms with Crippen LogP contribution in [0.3, 0.4) is 0 Å². The van der Waals surface area contributed by atoms with Crippen LogP contribution in [0, 0.1) is 12.8 Å². The number of fused-ring (bicyclic) bond motifs is 1. The van der Waals surface area contributed by atoms with Crippen LogP contribution in [0.15, 0.2) is 41.0 Å². The van der Waals surface area contributed by atoms with Gasteiger partial charge in [0.1, 0.15) is 0 Å². The van der Waals surface area contributed by atoms with Gasteiger partial charge in [0.05, 0.1) is 0 Å². The maximum atomic E-state index is 12.7. The first-order valence-electron chi connectivity index (χ1n) is 6.61. The lowest BCUT2D eigenvalue weighted by atomic mass is 9.74. The van der Waals surface area contributed by atoms with E-state index in [1.54, 1.807) is 6.07 Å². The highest BCUT2D eigenvalue weighted by molar-refractivity contribution is 6.29. The summed E-state index contributed by atoms with van der Waals surface area (Å²) >= 11 is 0. The Kier molecular flexibility index (Phi) is 2.56. The molecule has 0 aromatic heterocycles. The third kappa shape index (κ3) is 1.63. The molecular formula is C17H16O2. The summed E-state index contributed by atoms with van der Waals surface area (Å²) < 4.78 is 0. The third-order valence-corrected chi connectivity index (χ3v) is 4.00. The number of carbonyl (C=O) groups is 2. The van der Waals surface area contributed by atoms with Crippen molar-refractivity contribution in [3.05, 3.63) is 57.7 Å². The van der Waals surface area contributed by atoms with Crippen LogP contribution in [0.2, 0.25) is 0 Å². The Balaban J connectivity index is 2.28. The Labute approximate surface area is 112 Å². The number of benzene rings is 1. The number of hydrogen-bond donors (Lipinski definition) is 0. The summed E-state index contributed by atoms with van der Waals surface area (Å²) in [5.74, 6) is 0.372. The molecule has 19 heavy (non-hydrogen) atoms. The zero-order valence-corrected chi connectivity index (χ0v) is 11.4. The highest BCUT2D eigenvalue weighted by Gasteiger charge is 2.35. The van der Waals surface area contributed by atoms with Crippen LogP contribution in [0.1, 0.15) is 46.5 Å². The van der Waals surface area contributed by atoms with Crippen LogP contribution in [0.25, 0.3) is 0 Å². The molecule has 0 saturated carbocycles. The lowest BCUT2D eigenvalue weighted by Crippen LogP contribution is -2.26. The summed E-state index contributed by atoms with van der Waals surface area (Å²) in [7, 11) is 0. The molecule has 0 fully saturated rings. The molecule has 2 nitrogen and oxygen atoms in total. The standard InChI is InChI=1S/C17H16O2/c1-9-7-11(3)15-13(8-9)17(19)14-10(2)5-4-6-12(14)16(15)18/h4-7,9H,8H2,1-3H3. The van der Waals surface area contributed by atoms with Gasteiger partial charge in [-0.05, 0) is 37.3 Å². The van der Waals surface area contributed by atoms with Crippen LogP contribution in [0.5, 0.6) is 0 Å². The predicted octanol–water partition coefficient (Wildman–Crippen LogP) is 3.66. The van der Waals surface area contributed by atoms with E-state index >= 15 is 0 Å². The minimum absolute atomic E-state index is 0.00829. The molecule has 2 aliphatic carbocycles. The molecular weight excluding hydrogens is 236 g/mol. The lowest BCUT2D eigenvalue weighted by Gasteiger charge is -2.27. The van der Waals surface area contributed by atoms with Crippen LogP contribution >= 0.6 is 0 Å². The third-order valence-electron chi connectivity index (χ3n) is 4.00. The van der Waals surface area contributed by atoms with Gasteiger partial charge in [0.25, 0.3) is 0 Å². The lowest BCUT2D eigenvalue weighted by molar-refractivity contribution is 0.0970. The number of carbonyl (C=O) groups excluding carboxylic acids is 2. The van der Waals surface area contributed by atoms with E-state index in [9.17, 15) is 9.59 Å². The molecule has 0 spiro atoms. The molecule has 0 saturated heterocycles. The molecule has 96 valence electrons. The van der Waals surface area contributed by atoms with Crippen molar-refractivity contribution in [2.75, 3.05) is 0 Å². The second kappa shape index (κ2) is 4.02. The minimum atomic E-state index is 0.00829. The van der Waals surface area contributed by atoms with Gasteiger partial charge in [0, 0.05) is 22.3 Å². The second-order valence-corrected chi connectivity index (χ2v) is 5.54. The topological polar surface area (TPSA) is 34.1 Å². The van der Waals surface area contributed by atoms with Crippen molar-refractivity contribution >= 4 is 11.6 Å². The van der Waals surface area contributed by atoms with Gasteiger partial charge < -0.3 is 0 Å². The summed E-state index contributed by atoms with van der Waals surface area (Å²) in [5, 5.41) is 0. The molecule has 0 aliphatic heterocycles. The highest BCUT2D eigenvalue weighted by Crippen LogP contribution is 2.38. The fourth-order valence-corrected chi connectivity index (χ4v) is 3.20. The van der Waals surface area contributed by atoms with Gasteiger partial charge >= 0.3 is 0 Å². The number of Topliss-reactive ketones (excluding diaryl/α,β-unsaturated/α-hetero) is 2. The molecule has 1 aromatic carbocycles. The molecule has 0 amide bonds. The summed E-state index contributed by atoms with van der Waals surface area (Å²) in [6, 6.07) is 5.50. The zero-order chi connectivity index (χ0) is 13.7. The van der Waals surface area contributed by atoms with Crippen LogP contribution < -0.4 is 0 Å². The largest absolute Gasteiger partial charge is 0.289 e. The van der Waals surface area contributed by atoms with Gasteiger partial charge in [-0.1, -0.05) is 31.2 Å². The molecule has 0 radical (unpaired) electrons. The zero-order valence-electron chi connectivity index (χ0n) is 11.4. The maximum absolute atomic E-state index is 12.7. The van der Waals surface area contributed by atoms with Crippen LogP contribution in [-0.2, 0) is 0 Å². The Morgan fingerprint density at radius 3 is 2.58 bits per heavy atom. The van der Waals surface area contributed by atoms with E-state index in [1.807, 2.05) is 26.0 Å². The van der Waals surface area contributed by atoms with Crippen molar-refractivity contribution < 1.29 is 9.59 Å². The molecule has 3 rings (SSSR count). The molecule has 0 bridgehead atoms. The molecule has 1 atom stereocenters. The first-order chi connectivity index (χ1) is 9.00. The van der Waals surface area contributed by atoms with Crippen molar-refractivity contribution in [3.63, 3.8) is 0 Å². The second-order valence-electron chi connectivity index (χ2n) is 5.54. The number of allylic oxidation sites excluding steroid dienone is 4. The van der Waals surface area contributed by atoms with E-state index in [-0.39, 0.29) is 11.6 Å². The maximum Gasteiger partial charge on any atom is 0.194 e. The Morgan fingerprint density at radius 1 is 1.11 bits per heavy atom. The average Bonchev–Trinajstić information content (AvgIpc) is 2.35. The average molecular weight is 252 g/mol. The summed E-state index contributed by atoms with van der Waals surface area (Å²) in [4.78, 5) is 25.3. The predicted molar refractivity (Wildman–Crippen MR) is 74.4 cm³/mol. The number of rotatable bonds is 0. The summed E-state index contributed by atoms with van der Waals surface area (Å²) in [5.41, 5.74) is 4.35. The SMILES string of the molecule is CC1=CC(C)CC2=C1C(=O)c1cccc(C)c1C2=O. The molecule has 1 aromatic rings. The van der Waals surface area contributed by atoms with Crippen molar-refractivity contribution in [3.8, 4) is 0 Å². The Bertz CT molecular complexity index is 675. The summed E-state index contributed by atoms with van der Waals surface area (Å²) in [6.45, 7) is 5.90. The van der Waals surface area contributed by atoms with E-state index in [0.29, 0.717) is 34.6 Å². The smallest absolute Gasteiger partial charge is 0.194 e. The minimum Gasteiger partial charge on any atom is -0.289 e. The van der Waals surface area contributed by atoms with E-state index in [1.165, 1.54) is 0 Å². The van der Waals surface area contributed by atoms with Crippen LogP contribution in [-0.4, -0.2) is 11.6 Å². The van der Waals surface area contributed by atoms with E-state index in [4.69, 9.17) is 0 Å². The van der Waals surface area contributed by atoms with E-state index in [2.05, 4.69) is 13.0 Å². The van der Waals surface area contributed by atoms with Crippen molar-refractivity contribution in [1.29, 1.82) is 0 Å². The number of aryl methyl sites for hydroxylation is 1. The molecule has 0 N–H and O–H groups in total. The van der Waals surface area contributed by atoms with Gasteiger partial charge in [0.2, 0.25) is 0 Å². The van der Waals surface area contributed by atoms with E-state index < -0.39 is 0 Å². The Hall–Kier alpha value is -1.96. The fourth-order valence-electron chi connectivity index (χ4n) is 3.20. The molecule has 0 heterocycles. The summed E-state index contributed by atoms with van der Waals surface area (Å²) in [6.07, 6.45) is 2.76. The van der Waals surface area contributed by atoms with Gasteiger partial charge in [-0.15, -0.1) is 0 Å². The van der Waals surface area contributed by atoms with Crippen molar-refractivity contribution in [2.24, 2.45) is 5.92 Å². The van der Waals surface area contributed by atoms with Crippen molar-refractivity contribution in [1.82, 2.24) is 0 Å². The Morgan fingerprint density at radius 2 is 1.84 bits per heavy atom. The molecule has 1 unspecified atom stereocenters. The molecule has 2 heteroatoms. The molecule has 2 aliphatic rings. The van der Waals surface area contributed by atoms with Gasteiger partial charge in [-0.2, -0.15) is 0 Å². The van der Waals surface area contributed by atoms with Crippen molar-refractivity contribution in [2.45, 2.75) is 27.2 Å². The van der Waals surface area contributed by atoms with Gasteiger partial charge in [-0.3, -0.25) is 9.59 Å². The monoisotopic (exact) mass is 252 g/mol. The normalized spacial score (nSPS) is 22.1. The van der Waals surface area contributed by atoms with Gasteiger partial charge in [0.15, 0.2) is 11.6 Å². The van der Waals surface area contributed by atoms with E-state index in [0.717, 1.165) is 11.1 Å². The highest BCUT2D eigenvalue weighted by atomic mass is 16.1. The van der Waals surface area contributed by atoms with Crippen LogP contribution in [0.4, 0.5) is 0 Å². The first kappa shape index (κ1) is 12.1. The van der Waals surface area contributed by atoms with Gasteiger partial charge in [-0.25, -0.2) is 0 Å². The fraction of sp³-hybridized carbons (Fsp3) is 0.294. The first-order valence-corrected chi connectivity index (χ1v) is 6.61. The number of hydrogen-bond acceptors (Lipinski definition) is 2. The quantitative estimate of drug-likeness (QED) is 0.706. The number of ketones is 2.